The molecule has 1 aliphatic carbocycles. The standard InChI is InChI=1S/C11H12O4/c1-14-11(13)8-4-2-3-7-5-6-15-10(7)9(8)12/h5-6,8H,2-4H2,1H3. The van der Waals surface area contributed by atoms with E-state index in [0.29, 0.717) is 12.2 Å². The maximum Gasteiger partial charge on any atom is 0.316 e. The molecule has 1 unspecified atom stereocenters. The summed E-state index contributed by atoms with van der Waals surface area (Å²) in [4.78, 5) is 23.3. The summed E-state index contributed by atoms with van der Waals surface area (Å²) in [5.41, 5.74) is 0.895. The molecule has 2 rings (SSSR count). The number of ketones is 1. The number of fused-ring (bicyclic) bond motifs is 1. The van der Waals surface area contributed by atoms with Crippen molar-refractivity contribution in [2.45, 2.75) is 19.3 Å². The highest BCUT2D eigenvalue weighted by Crippen LogP contribution is 2.26. The second-order valence-electron chi connectivity index (χ2n) is 3.61. The number of ether oxygens (including phenoxy) is 1. The summed E-state index contributed by atoms with van der Waals surface area (Å²) in [6.45, 7) is 0. The average molecular weight is 208 g/mol. The number of methoxy groups -OCH3 is 1. The SMILES string of the molecule is COC(=O)C1CCCc2ccoc2C1=O. The smallest absolute Gasteiger partial charge is 0.316 e. The molecule has 0 spiro atoms. The van der Waals surface area contributed by atoms with Gasteiger partial charge in [0, 0.05) is 5.56 Å². The Kier molecular flexibility index (Phi) is 2.58. The van der Waals surface area contributed by atoms with Gasteiger partial charge in [-0.25, -0.2) is 0 Å². The first-order valence-electron chi connectivity index (χ1n) is 4.92. The van der Waals surface area contributed by atoms with Gasteiger partial charge in [-0.1, -0.05) is 0 Å². The van der Waals surface area contributed by atoms with Gasteiger partial charge in [0.2, 0.25) is 5.78 Å². The molecule has 1 aromatic rings. The molecule has 80 valence electrons. The summed E-state index contributed by atoms with van der Waals surface area (Å²) in [5, 5.41) is 0. The van der Waals surface area contributed by atoms with E-state index in [-0.39, 0.29) is 5.78 Å². The Labute approximate surface area is 87.2 Å². The Bertz CT molecular complexity index is 391. The second kappa shape index (κ2) is 3.88. The minimum atomic E-state index is -0.692. The van der Waals surface area contributed by atoms with E-state index in [9.17, 15) is 9.59 Å². The quantitative estimate of drug-likeness (QED) is 0.399. The molecule has 0 amide bonds. The second-order valence-corrected chi connectivity index (χ2v) is 3.61. The highest BCUT2D eigenvalue weighted by molar-refractivity contribution is 6.08. The summed E-state index contributed by atoms with van der Waals surface area (Å²) >= 11 is 0. The maximum atomic E-state index is 11.9. The summed E-state index contributed by atoms with van der Waals surface area (Å²) < 4.78 is 9.72. The monoisotopic (exact) mass is 208 g/mol. The Balaban J connectivity index is 2.32. The van der Waals surface area contributed by atoms with Crippen molar-refractivity contribution in [2.75, 3.05) is 7.11 Å². The van der Waals surface area contributed by atoms with Gasteiger partial charge in [-0.15, -0.1) is 0 Å². The fourth-order valence-electron chi connectivity index (χ4n) is 1.90. The molecule has 1 aromatic heterocycles. The van der Waals surface area contributed by atoms with Gasteiger partial charge in [0.05, 0.1) is 13.4 Å². The summed E-state index contributed by atoms with van der Waals surface area (Å²) in [6.07, 6.45) is 3.61. The highest BCUT2D eigenvalue weighted by Gasteiger charge is 2.33. The van der Waals surface area contributed by atoms with Crippen molar-refractivity contribution in [1.29, 1.82) is 0 Å². The van der Waals surface area contributed by atoms with E-state index in [0.717, 1.165) is 18.4 Å². The predicted molar refractivity (Wildman–Crippen MR) is 51.5 cm³/mol. The van der Waals surface area contributed by atoms with Crippen LogP contribution in [-0.4, -0.2) is 18.9 Å². The first-order chi connectivity index (χ1) is 7.24. The van der Waals surface area contributed by atoms with Crippen molar-refractivity contribution >= 4 is 11.8 Å². The van der Waals surface area contributed by atoms with E-state index in [2.05, 4.69) is 4.74 Å². The van der Waals surface area contributed by atoms with E-state index >= 15 is 0 Å². The molecule has 0 saturated carbocycles. The summed E-state index contributed by atoms with van der Waals surface area (Å²) in [5.74, 6) is -1.09. The normalized spacial score (nSPS) is 20.6. The number of Topliss-reactive ketones (excluding diaryl/α,β-unsaturated/α-hetero) is 1. The van der Waals surface area contributed by atoms with Crippen LogP contribution >= 0.6 is 0 Å². The number of carbonyl (C=O) groups excluding carboxylic acids is 2. The van der Waals surface area contributed by atoms with Crippen LogP contribution in [0.4, 0.5) is 0 Å². The topological polar surface area (TPSA) is 56.5 Å². The fourth-order valence-corrected chi connectivity index (χ4v) is 1.90. The van der Waals surface area contributed by atoms with Crippen LogP contribution in [-0.2, 0) is 16.0 Å². The molecule has 0 N–H and O–H groups in total. The van der Waals surface area contributed by atoms with Crippen molar-refractivity contribution in [1.82, 2.24) is 0 Å². The zero-order chi connectivity index (χ0) is 10.8. The van der Waals surface area contributed by atoms with Gasteiger partial charge >= 0.3 is 5.97 Å². The zero-order valence-electron chi connectivity index (χ0n) is 8.49. The lowest BCUT2D eigenvalue weighted by atomic mass is 9.99. The molecule has 0 bridgehead atoms. The van der Waals surface area contributed by atoms with Crippen molar-refractivity contribution < 1.29 is 18.7 Å². The van der Waals surface area contributed by atoms with Gasteiger partial charge in [-0.2, -0.15) is 0 Å². The predicted octanol–water partition coefficient (Wildman–Crippen LogP) is 1.59. The number of hydrogen-bond acceptors (Lipinski definition) is 4. The lowest BCUT2D eigenvalue weighted by molar-refractivity contribution is -0.143. The van der Waals surface area contributed by atoms with Gasteiger partial charge in [-0.3, -0.25) is 9.59 Å². The third-order valence-corrected chi connectivity index (χ3v) is 2.71. The fraction of sp³-hybridized carbons (Fsp3) is 0.455. The zero-order valence-corrected chi connectivity index (χ0v) is 8.49. The Morgan fingerprint density at radius 3 is 3.13 bits per heavy atom. The highest BCUT2D eigenvalue weighted by atomic mass is 16.5. The maximum absolute atomic E-state index is 11.9. The molecular formula is C11H12O4. The van der Waals surface area contributed by atoms with Crippen LogP contribution < -0.4 is 0 Å². The molecular weight excluding hydrogens is 196 g/mol. The first-order valence-corrected chi connectivity index (χ1v) is 4.92. The van der Waals surface area contributed by atoms with Crippen LogP contribution in [0.2, 0.25) is 0 Å². The van der Waals surface area contributed by atoms with Crippen molar-refractivity contribution in [3.8, 4) is 0 Å². The molecule has 15 heavy (non-hydrogen) atoms. The molecule has 1 aliphatic rings. The first kappa shape index (κ1) is 9.96. The van der Waals surface area contributed by atoms with Crippen LogP contribution in [0.15, 0.2) is 16.7 Å². The lowest BCUT2D eigenvalue weighted by Gasteiger charge is -2.08. The molecule has 0 fully saturated rings. The van der Waals surface area contributed by atoms with E-state index in [1.807, 2.05) is 0 Å². The molecule has 0 saturated heterocycles. The van der Waals surface area contributed by atoms with Crippen LogP contribution in [0, 0.1) is 5.92 Å². The molecule has 0 aliphatic heterocycles. The van der Waals surface area contributed by atoms with E-state index in [1.54, 1.807) is 6.07 Å². The number of carbonyl (C=O) groups is 2. The van der Waals surface area contributed by atoms with Gasteiger partial charge in [0.25, 0.3) is 0 Å². The third-order valence-electron chi connectivity index (χ3n) is 2.71. The van der Waals surface area contributed by atoms with Gasteiger partial charge < -0.3 is 9.15 Å². The van der Waals surface area contributed by atoms with Crippen LogP contribution in [0.3, 0.4) is 0 Å². The van der Waals surface area contributed by atoms with E-state index < -0.39 is 11.9 Å². The van der Waals surface area contributed by atoms with Crippen molar-refractivity contribution in [2.24, 2.45) is 5.92 Å². The average Bonchev–Trinajstić information content (AvgIpc) is 2.65. The largest absolute Gasteiger partial charge is 0.468 e. The van der Waals surface area contributed by atoms with E-state index in [4.69, 9.17) is 4.42 Å². The van der Waals surface area contributed by atoms with Gasteiger partial charge in [0.15, 0.2) is 5.76 Å². The van der Waals surface area contributed by atoms with Crippen LogP contribution in [0.1, 0.15) is 29.0 Å². The summed E-state index contributed by atoms with van der Waals surface area (Å²) in [7, 11) is 1.30. The van der Waals surface area contributed by atoms with E-state index in [1.165, 1.54) is 13.4 Å². The summed E-state index contributed by atoms with van der Waals surface area (Å²) in [6, 6.07) is 1.78. The minimum absolute atomic E-state index is 0.251. The van der Waals surface area contributed by atoms with Crippen molar-refractivity contribution in [3.05, 3.63) is 23.7 Å². The number of esters is 1. The Morgan fingerprint density at radius 1 is 1.60 bits per heavy atom. The molecule has 1 heterocycles. The number of furan rings is 1. The van der Waals surface area contributed by atoms with Gasteiger partial charge in [-0.05, 0) is 25.3 Å². The van der Waals surface area contributed by atoms with Crippen LogP contribution in [0.25, 0.3) is 0 Å². The molecule has 4 nitrogen and oxygen atoms in total. The van der Waals surface area contributed by atoms with Crippen LogP contribution in [0.5, 0.6) is 0 Å². The number of rotatable bonds is 1. The Hall–Kier alpha value is -1.58. The Morgan fingerprint density at radius 2 is 2.40 bits per heavy atom. The minimum Gasteiger partial charge on any atom is -0.468 e. The lowest BCUT2D eigenvalue weighted by Crippen LogP contribution is -2.24. The molecule has 0 radical (unpaired) electrons. The molecule has 0 aromatic carbocycles. The van der Waals surface area contributed by atoms with Gasteiger partial charge in [0.1, 0.15) is 5.92 Å². The molecule has 1 atom stereocenters. The number of hydrogen-bond donors (Lipinski definition) is 0. The van der Waals surface area contributed by atoms with Crippen molar-refractivity contribution in [3.63, 3.8) is 0 Å². The third kappa shape index (κ3) is 1.67. The molecule has 4 heteroatoms. The number of aryl methyl sites for hydroxylation is 1.